The Kier molecular flexibility index (Phi) is 3.88. The fourth-order valence-electron chi connectivity index (χ4n) is 2.40. The second-order valence-electron chi connectivity index (χ2n) is 4.86. The Balaban J connectivity index is 1.97. The lowest BCUT2D eigenvalue weighted by atomic mass is 9.98. The first-order valence-corrected chi connectivity index (χ1v) is 7.50. The van der Waals surface area contributed by atoms with E-state index in [9.17, 15) is 9.18 Å². The van der Waals surface area contributed by atoms with E-state index in [4.69, 9.17) is 5.11 Å². The van der Waals surface area contributed by atoms with Crippen molar-refractivity contribution in [3.05, 3.63) is 47.2 Å². The lowest BCUT2D eigenvalue weighted by Gasteiger charge is -2.16. The van der Waals surface area contributed by atoms with Crippen LogP contribution in [0, 0.1) is 5.82 Å². The summed E-state index contributed by atoms with van der Waals surface area (Å²) < 4.78 is 13.9. The summed E-state index contributed by atoms with van der Waals surface area (Å²) in [6, 6.07) is 3.79. The molecule has 0 bridgehead atoms. The summed E-state index contributed by atoms with van der Waals surface area (Å²) >= 11 is 1.17. The van der Waals surface area contributed by atoms with Crippen molar-refractivity contribution in [2.24, 2.45) is 0 Å². The van der Waals surface area contributed by atoms with E-state index in [2.05, 4.69) is 9.97 Å². The number of nitrogens with zero attached hydrogens (tertiary/aromatic N) is 2. The van der Waals surface area contributed by atoms with Crippen LogP contribution in [0.15, 0.2) is 34.4 Å². The van der Waals surface area contributed by atoms with Gasteiger partial charge in [-0.1, -0.05) is 11.8 Å². The number of carbonyl (C=O) groups is 1. The average Bonchev–Trinajstić information content (AvgIpc) is 2.49. The third-order valence-corrected chi connectivity index (χ3v) is 4.55. The van der Waals surface area contributed by atoms with Crippen LogP contribution in [0.25, 0.3) is 0 Å². The van der Waals surface area contributed by atoms with Crippen LogP contribution in [0.5, 0.6) is 0 Å². The van der Waals surface area contributed by atoms with Crippen molar-refractivity contribution in [2.45, 2.75) is 35.6 Å². The van der Waals surface area contributed by atoms with E-state index in [1.54, 1.807) is 0 Å². The molecule has 0 spiro atoms. The average molecular weight is 304 g/mol. The van der Waals surface area contributed by atoms with Crippen molar-refractivity contribution in [3.8, 4) is 0 Å². The van der Waals surface area contributed by atoms with E-state index >= 15 is 0 Å². The molecule has 1 aliphatic carbocycles. The number of rotatable bonds is 3. The Morgan fingerprint density at radius 3 is 2.86 bits per heavy atom. The zero-order valence-corrected chi connectivity index (χ0v) is 12.0. The summed E-state index contributed by atoms with van der Waals surface area (Å²) in [5.74, 6) is -1.50. The molecule has 1 aliphatic rings. The highest BCUT2D eigenvalue weighted by Gasteiger charge is 2.18. The van der Waals surface area contributed by atoms with Crippen LogP contribution in [-0.4, -0.2) is 21.0 Å². The van der Waals surface area contributed by atoms with Gasteiger partial charge in [0.25, 0.3) is 0 Å². The minimum Gasteiger partial charge on any atom is -0.478 e. The molecule has 0 unspecified atom stereocenters. The third-order valence-electron chi connectivity index (χ3n) is 3.47. The molecule has 0 fully saturated rings. The summed E-state index contributed by atoms with van der Waals surface area (Å²) in [6.45, 7) is 0. The van der Waals surface area contributed by atoms with E-state index in [-0.39, 0.29) is 10.5 Å². The summed E-state index contributed by atoms with van der Waals surface area (Å²) in [6.07, 6.45) is 5.48. The fourth-order valence-corrected chi connectivity index (χ4v) is 3.40. The topological polar surface area (TPSA) is 63.1 Å². The molecule has 0 amide bonds. The summed E-state index contributed by atoms with van der Waals surface area (Å²) in [5, 5.41) is 9.72. The lowest BCUT2D eigenvalue weighted by molar-refractivity contribution is 0.0696. The molecule has 6 heteroatoms. The number of carboxylic acid groups (broad SMARTS) is 1. The molecule has 0 atom stereocenters. The van der Waals surface area contributed by atoms with E-state index in [1.807, 2.05) is 0 Å². The summed E-state index contributed by atoms with van der Waals surface area (Å²) in [4.78, 5) is 19.8. The number of halogens is 1. The number of hydrogen-bond acceptors (Lipinski definition) is 4. The maximum atomic E-state index is 13.9. The smallest absolute Gasteiger partial charge is 0.335 e. The van der Waals surface area contributed by atoms with Gasteiger partial charge in [-0.2, -0.15) is 0 Å². The molecular formula is C15H13FN2O2S. The minimum atomic E-state index is -1.07. The Morgan fingerprint density at radius 1 is 1.24 bits per heavy atom. The van der Waals surface area contributed by atoms with Crippen molar-refractivity contribution in [1.82, 2.24) is 9.97 Å². The first-order chi connectivity index (χ1) is 10.1. The molecule has 0 radical (unpaired) electrons. The van der Waals surface area contributed by atoms with Gasteiger partial charge in [-0.25, -0.2) is 19.2 Å². The number of aromatic nitrogens is 2. The van der Waals surface area contributed by atoms with Crippen molar-refractivity contribution in [2.75, 3.05) is 0 Å². The van der Waals surface area contributed by atoms with Gasteiger partial charge in [-0.3, -0.25) is 0 Å². The van der Waals surface area contributed by atoms with Crippen LogP contribution in [0.2, 0.25) is 0 Å². The molecule has 1 heterocycles. The van der Waals surface area contributed by atoms with Gasteiger partial charge >= 0.3 is 5.97 Å². The van der Waals surface area contributed by atoms with Crippen LogP contribution in [0.3, 0.4) is 0 Å². The van der Waals surface area contributed by atoms with Crippen molar-refractivity contribution < 1.29 is 14.3 Å². The van der Waals surface area contributed by atoms with Crippen LogP contribution in [-0.2, 0) is 12.8 Å². The number of hydrogen-bond donors (Lipinski definition) is 1. The molecular weight excluding hydrogens is 291 g/mol. The molecule has 21 heavy (non-hydrogen) atoms. The zero-order valence-electron chi connectivity index (χ0n) is 11.2. The normalized spacial score (nSPS) is 13.8. The molecule has 1 aromatic heterocycles. The molecule has 0 saturated carbocycles. The highest BCUT2D eigenvalue weighted by Crippen LogP contribution is 2.34. The monoisotopic (exact) mass is 304 g/mol. The Bertz CT molecular complexity index is 706. The third kappa shape index (κ3) is 2.90. The number of aromatic carboxylic acids is 1. The van der Waals surface area contributed by atoms with Gasteiger partial charge in [-0.05, 0) is 43.9 Å². The van der Waals surface area contributed by atoms with E-state index in [1.165, 1.54) is 36.3 Å². The molecule has 3 rings (SSSR count). The number of aryl methyl sites for hydroxylation is 1. The molecule has 1 N–H and O–H groups in total. The van der Waals surface area contributed by atoms with Crippen LogP contribution in [0.1, 0.15) is 34.5 Å². The van der Waals surface area contributed by atoms with Crippen molar-refractivity contribution >= 4 is 17.7 Å². The predicted octanol–water partition coefficient (Wildman–Crippen LogP) is 3.34. The Morgan fingerprint density at radius 2 is 2.05 bits per heavy atom. The van der Waals surface area contributed by atoms with Gasteiger partial charge in [-0.15, -0.1) is 0 Å². The Labute approximate surface area is 125 Å². The molecule has 0 saturated heterocycles. The lowest BCUT2D eigenvalue weighted by Crippen LogP contribution is -2.08. The van der Waals surface area contributed by atoms with Gasteiger partial charge in [0.2, 0.25) is 0 Å². The maximum Gasteiger partial charge on any atom is 0.335 e. The number of carboxylic acids is 1. The number of benzene rings is 1. The van der Waals surface area contributed by atoms with E-state index < -0.39 is 11.8 Å². The highest BCUT2D eigenvalue weighted by molar-refractivity contribution is 7.99. The van der Waals surface area contributed by atoms with E-state index in [0.717, 1.165) is 42.0 Å². The largest absolute Gasteiger partial charge is 0.478 e. The second kappa shape index (κ2) is 5.81. The van der Waals surface area contributed by atoms with Gasteiger partial charge in [0.15, 0.2) is 0 Å². The van der Waals surface area contributed by atoms with Gasteiger partial charge < -0.3 is 5.11 Å². The molecule has 4 nitrogen and oxygen atoms in total. The summed E-state index contributed by atoms with van der Waals surface area (Å²) in [5.41, 5.74) is 2.16. The second-order valence-corrected chi connectivity index (χ2v) is 5.89. The molecule has 2 aromatic rings. The Hall–Kier alpha value is -1.95. The first kappa shape index (κ1) is 14.0. The highest BCUT2D eigenvalue weighted by atomic mass is 32.2. The predicted molar refractivity (Wildman–Crippen MR) is 76.2 cm³/mol. The first-order valence-electron chi connectivity index (χ1n) is 6.68. The minimum absolute atomic E-state index is 0.0711. The quantitative estimate of drug-likeness (QED) is 0.881. The SMILES string of the molecule is O=C(O)c1ccc(F)c(Sc2ncnc3c2CCCC3)c1. The zero-order chi connectivity index (χ0) is 14.8. The van der Waals surface area contributed by atoms with Crippen molar-refractivity contribution in [1.29, 1.82) is 0 Å². The fraction of sp³-hybridized carbons (Fsp3) is 0.267. The van der Waals surface area contributed by atoms with Crippen molar-refractivity contribution in [3.63, 3.8) is 0 Å². The van der Waals surface area contributed by atoms with Gasteiger partial charge in [0.05, 0.1) is 10.5 Å². The van der Waals surface area contributed by atoms with E-state index in [0.29, 0.717) is 0 Å². The van der Waals surface area contributed by atoms with Gasteiger partial charge in [0, 0.05) is 11.3 Å². The maximum absolute atomic E-state index is 13.9. The number of fused-ring (bicyclic) bond motifs is 1. The standard InChI is InChI=1S/C15H13FN2O2S/c16-11-6-5-9(15(19)20)7-13(11)21-14-10-3-1-2-4-12(10)17-8-18-14/h5-8H,1-4H2,(H,19,20). The molecule has 108 valence electrons. The molecule has 0 aliphatic heterocycles. The van der Waals surface area contributed by atoms with Crippen LogP contribution in [0.4, 0.5) is 4.39 Å². The van der Waals surface area contributed by atoms with Gasteiger partial charge in [0.1, 0.15) is 17.2 Å². The molecule has 1 aromatic carbocycles. The van der Waals surface area contributed by atoms with Crippen LogP contribution < -0.4 is 0 Å². The summed E-state index contributed by atoms with van der Waals surface area (Å²) in [7, 11) is 0. The van der Waals surface area contributed by atoms with Crippen LogP contribution >= 0.6 is 11.8 Å².